The van der Waals surface area contributed by atoms with Crippen molar-refractivity contribution in [2.45, 2.75) is 4.90 Å². The molecule has 120 valence electrons. The first-order chi connectivity index (χ1) is 11.5. The molecule has 0 unspecified atom stereocenters. The van der Waals surface area contributed by atoms with Crippen LogP contribution in [0.3, 0.4) is 0 Å². The summed E-state index contributed by atoms with van der Waals surface area (Å²) in [5.41, 5.74) is 1.04. The summed E-state index contributed by atoms with van der Waals surface area (Å²) < 4.78 is 31.0. The van der Waals surface area contributed by atoms with E-state index in [-0.39, 0.29) is 4.90 Å². The molecule has 0 aliphatic heterocycles. The molecule has 0 saturated carbocycles. The fourth-order valence-electron chi connectivity index (χ4n) is 2.04. The molecule has 0 N–H and O–H groups in total. The third-order valence-electron chi connectivity index (χ3n) is 3.33. The average Bonchev–Trinajstić information content (AvgIpc) is 3.13. The summed E-state index contributed by atoms with van der Waals surface area (Å²) in [5, 5.41) is 4.04. The molecule has 7 nitrogen and oxygen atoms in total. The summed E-state index contributed by atoms with van der Waals surface area (Å²) in [6.07, 6.45) is 1.15. The zero-order valence-electron chi connectivity index (χ0n) is 12.6. The van der Waals surface area contributed by atoms with Gasteiger partial charge in [0.15, 0.2) is 11.5 Å². The number of hydrogen-bond acceptors (Lipinski definition) is 5. The molecule has 1 aromatic heterocycles. The Hall–Kier alpha value is -3.18. The first kappa shape index (κ1) is 15.7. The van der Waals surface area contributed by atoms with E-state index in [2.05, 4.69) is 14.9 Å². The van der Waals surface area contributed by atoms with Crippen molar-refractivity contribution in [3.63, 3.8) is 0 Å². The van der Waals surface area contributed by atoms with Gasteiger partial charge in [0, 0.05) is 5.56 Å². The van der Waals surface area contributed by atoms with Gasteiger partial charge in [0.25, 0.3) is 10.0 Å². The summed E-state index contributed by atoms with van der Waals surface area (Å²) in [4.78, 5) is 7.33. The monoisotopic (exact) mass is 340 g/mol. The van der Waals surface area contributed by atoms with Crippen LogP contribution < -0.4 is 4.74 Å². The maximum Gasteiger partial charge on any atom is 0.284 e. The molecule has 8 heteroatoms. The highest BCUT2D eigenvalue weighted by Crippen LogP contribution is 2.21. The van der Waals surface area contributed by atoms with Gasteiger partial charge in [0.2, 0.25) is 0 Å². The number of aromatic nitrogens is 3. The number of rotatable bonds is 4. The van der Waals surface area contributed by atoms with Gasteiger partial charge in [-0.15, -0.1) is 9.19 Å². The minimum absolute atomic E-state index is 0.0427. The van der Waals surface area contributed by atoms with Crippen molar-refractivity contribution in [1.29, 1.82) is 0 Å². The van der Waals surface area contributed by atoms with E-state index in [0.717, 1.165) is 10.4 Å². The molecule has 3 rings (SSSR count). The van der Waals surface area contributed by atoms with Gasteiger partial charge >= 0.3 is 0 Å². The molecule has 0 aliphatic carbocycles. The van der Waals surface area contributed by atoms with Crippen LogP contribution in [0.15, 0.2) is 59.8 Å². The van der Waals surface area contributed by atoms with Crippen molar-refractivity contribution in [2.75, 3.05) is 7.11 Å². The third-order valence-corrected chi connectivity index (χ3v) is 4.87. The van der Waals surface area contributed by atoms with Crippen molar-refractivity contribution < 1.29 is 13.2 Å². The lowest BCUT2D eigenvalue weighted by molar-refractivity contribution is 0.415. The van der Waals surface area contributed by atoms with Crippen LogP contribution in [0.1, 0.15) is 0 Å². The number of nitrogens with zero attached hydrogens (tertiary/aromatic N) is 4. The minimum Gasteiger partial charge on any atom is -0.497 e. The molecule has 0 aliphatic rings. The molecule has 3 aromatic rings. The Morgan fingerprint density at radius 1 is 1.08 bits per heavy atom. The van der Waals surface area contributed by atoms with Crippen LogP contribution in [0, 0.1) is 6.57 Å². The van der Waals surface area contributed by atoms with E-state index in [1.165, 1.54) is 24.3 Å². The predicted octanol–water partition coefficient (Wildman–Crippen LogP) is 2.74. The topological polar surface area (TPSA) is 78.4 Å². The second kappa shape index (κ2) is 6.14. The summed E-state index contributed by atoms with van der Waals surface area (Å²) >= 11 is 0. The van der Waals surface area contributed by atoms with Crippen LogP contribution in [0.4, 0.5) is 5.69 Å². The highest BCUT2D eigenvalue weighted by molar-refractivity contribution is 7.89. The summed E-state index contributed by atoms with van der Waals surface area (Å²) in [6.45, 7) is 6.90. The van der Waals surface area contributed by atoms with E-state index in [1.807, 2.05) is 0 Å². The van der Waals surface area contributed by atoms with Gasteiger partial charge in [-0.3, -0.25) is 0 Å². The molecule has 0 atom stereocenters. The van der Waals surface area contributed by atoms with E-state index < -0.39 is 10.0 Å². The zero-order valence-corrected chi connectivity index (χ0v) is 13.4. The van der Waals surface area contributed by atoms with Crippen molar-refractivity contribution in [2.24, 2.45) is 0 Å². The quantitative estimate of drug-likeness (QED) is 0.682. The second-order valence-electron chi connectivity index (χ2n) is 4.78. The fourth-order valence-corrected chi connectivity index (χ4v) is 3.09. The van der Waals surface area contributed by atoms with Crippen LogP contribution in [0.25, 0.3) is 16.2 Å². The first-order valence-corrected chi connectivity index (χ1v) is 8.28. The van der Waals surface area contributed by atoms with E-state index >= 15 is 0 Å². The van der Waals surface area contributed by atoms with Gasteiger partial charge in [0.05, 0.1) is 18.6 Å². The van der Waals surface area contributed by atoms with Crippen LogP contribution in [-0.4, -0.2) is 29.7 Å². The number of benzene rings is 2. The van der Waals surface area contributed by atoms with Crippen LogP contribution in [-0.2, 0) is 10.0 Å². The van der Waals surface area contributed by atoms with Crippen LogP contribution in [0.2, 0.25) is 0 Å². The molecule has 0 saturated heterocycles. The van der Waals surface area contributed by atoms with Gasteiger partial charge in [-0.1, -0.05) is 24.3 Å². The number of methoxy groups -OCH3 is 1. The lowest BCUT2D eigenvalue weighted by atomic mass is 10.2. The molecule has 0 spiro atoms. The van der Waals surface area contributed by atoms with Crippen molar-refractivity contribution in [3.8, 4) is 17.1 Å². The standard InChI is InChI=1S/C16H12N4O3S/c1-17-13-5-9-15(10-6-13)24(21,22)20-11-18-16(19-20)12-3-7-14(23-2)8-4-12/h3-11H,2H3. The van der Waals surface area contributed by atoms with E-state index in [1.54, 1.807) is 31.4 Å². The highest BCUT2D eigenvalue weighted by atomic mass is 32.2. The van der Waals surface area contributed by atoms with Crippen molar-refractivity contribution in [1.82, 2.24) is 14.2 Å². The summed E-state index contributed by atoms with van der Waals surface area (Å²) in [7, 11) is -2.29. The molecule has 0 fully saturated rings. The van der Waals surface area contributed by atoms with Gasteiger partial charge in [-0.25, -0.2) is 9.83 Å². The smallest absolute Gasteiger partial charge is 0.284 e. The minimum atomic E-state index is -3.85. The Balaban J connectivity index is 1.94. The van der Waals surface area contributed by atoms with Crippen LogP contribution >= 0.6 is 0 Å². The molecular formula is C16H12N4O3S. The lowest BCUT2D eigenvalue weighted by Crippen LogP contribution is -2.13. The van der Waals surface area contributed by atoms with E-state index in [9.17, 15) is 8.42 Å². The Morgan fingerprint density at radius 2 is 1.75 bits per heavy atom. The molecule has 2 aromatic carbocycles. The molecule has 1 heterocycles. The summed E-state index contributed by atoms with van der Waals surface area (Å²) in [5.74, 6) is 0.977. The van der Waals surface area contributed by atoms with Gasteiger partial charge < -0.3 is 4.74 Å². The number of hydrogen-bond donors (Lipinski definition) is 0. The van der Waals surface area contributed by atoms with Crippen molar-refractivity contribution >= 4 is 15.7 Å². The fraction of sp³-hybridized carbons (Fsp3) is 0.0625. The Morgan fingerprint density at radius 3 is 2.33 bits per heavy atom. The zero-order chi connectivity index (χ0) is 17.2. The first-order valence-electron chi connectivity index (χ1n) is 6.84. The van der Waals surface area contributed by atoms with Crippen molar-refractivity contribution in [3.05, 3.63) is 66.3 Å². The van der Waals surface area contributed by atoms with E-state index in [4.69, 9.17) is 11.3 Å². The summed E-state index contributed by atoms with van der Waals surface area (Å²) in [6, 6.07) is 12.6. The third kappa shape index (κ3) is 2.85. The average molecular weight is 340 g/mol. The maximum atomic E-state index is 12.5. The molecule has 0 radical (unpaired) electrons. The molecular weight excluding hydrogens is 328 g/mol. The predicted molar refractivity (Wildman–Crippen MR) is 87.3 cm³/mol. The molecule has 24 heavy (non-hydrogen) atoms. The SMILES string of the molecule is [C-]#[N+]c1ccc(S(=O)(=O)n2cnc(-c3ccc(OC)cc3)n2)cc1. The molecule has 0 amide bonds. The second-order valence-corrected chi connectivity index (χ2v) is 6.58. The van der Waals surface area contributed by atoms with Gasteiger partial charge in [0.1, 0.15) is 12.1 Å². The van der Waals surface area contributed by atoms with E-state index in [0.29, 0.717) is 22.8 Å². The Kier molecular flexibility index (Phi) is 4.02. The maximum absolute atomic E-state index is 12.5. The van der Waals surface area contributed by atoms with Crippen LogP contribution in [0.5, 0.6) is 5.75 Å². The highest BCUT2D eigenvalue weighted by Gasteiger charge is 2.19. The largest absolute Gasteiger partial charge is 0.497 e. The van der Waals surface area contributed by atoms with Gasteiger partial charge in [-0.05, 0) is 24.3 Å². The Bertz CT molecular complexity index is 1000. The lowest BCUT2D eigenvalue weighted by Gasteiger charge is -2.03. The number of ether oxygens (including phenoxy) is 1. The normalized spacial score (nSPS) is 11.0. The van der Waals surface area contributed by atoms with Gasteiger partial charge in [-0.2, -0.15) is 8.42 Å². The molecule has 0 bridgehead atoms. The Labute approximate surface area is 139 Å².